The fraction of sp³-hybridized carbons (Fsp3) is 1.00. The van der Waals surface area contributed by atoms with Crippen LogP contribution in [0.3, 0.4) is 0 Å². The van der Waals surface area contributed by atoms with Crippen LogP contribution in [0.15, 0.2) is 10.2 Å². The van der Waals surface area contributed by atoms with Gasteiger partial charge < -0.3 is 0 Å². The van der Waals surface area contributed by atoms with Crippen LogP contribution in [-0.2, 0) is 0 Å². The fourth-order valence-corrected chi connectivity index (χ4v) is 2.85. The quantitative estimate of drug-likeness (QED) is 0.485. The molecule has 4 atom stereocenters. The number of hydrogen-bond acceptors (Lipinski definition) is 2. The minimum atomic E-state index is 0.410. The van der Waals surface area contributed by atoms with Gasteiger partial charge in [-0.3, -0.25) is 0 Å². The van der Waals surface area contributed by atoms with Gasteiger partial charge in [0.15, 0.2) is 0 Å². The van der Waals surface area contributed by atoms with Gasteiger partial charge >= 0.3 is 0 Å². The summed E-state index contributed by atoms with van der Waals surface area (Å²) in [6.45, 7) is 4.63. The third-order valence-corrected chi connectivity index (χ3v) is 3.54. The summed E-state index contributed by atoms with van der Waals surface area (Å²) in [6, 6.07) is 1.17. The summed E-state index contributed by atoms with van der Waals surface area (Å²) in [5, 5.41) is 8.61. The summed E-state index contributed by atoms with van der Waals surface area (Å²) < 4.78 is 0. The second kappa shape index (κ2) is 1.17. The number of nitrogens with zero attached hydrogens (tertiary/aromatic N) is 2. The van der Waals surface area contributed by atoms with Crippen LogP contribution >= 0.6 is 0 Å². The summed E-state index contributed by atoms with van der Waals surface area (Å²) in [7, 11) is 0. The number of fused-ring (bicyclic) bond motifs is 5. The molecule has 1 heterocycles. The van der Waals surface area contributed by atoms with E-state index in [2.05, 4.69) is 24.1 Å². The standard InChI is InChI=1S/C8H12N2/c1-8(2)6-4-3-5(4)7(8)10-9-6/h4-7H,3H2,1-2H3/t4-,5+,6-,7+. The largest absolute Gasteiger partial charge is 0.190 e. The van der Waals surface area contributed by atoms with Gasteiger partial charge in [-0.15, -0.1) is 0 Å². The van der Waals surface area contributed by atoms with Crippen molar-refractivity contribution in [3.63, 3.8) is 0 Å². The molecule has 0 saturated heterocycles. The highest BCUT2D eigenvalue weighted by Crippen LogP contribution is 2.65. The van der Waals surface area contributed by atoms with Crippen molar-refractivity contribution >= 4 is 0 Å². The minimum absolute atomic E-state index is 0.410. The van der Waals surface area contributed by atoms with Crippen LogP contribution in [0.5, 0.6) is 0 Å². The van der Waals surface area contributed by atoms with Crippen molar-refractivity contribution in [2.45, 2.75) is 32.4 Å². The molecule has 2 bridgehead atoms. The molecule has 0 N–H and O–H groups in total. The molecule has 0 radical (unpaired) electrons. The van der Waals surface area contributed by atoms with Gasteiger partial charge in [-0.05, 0) is 18.3 Å². The van der Waals surface area contributed by atoms with Crippen LogP contribution in [0.4, 0.5) is 0 Å². The van der Waals surface area contributed by atoms with E-state index >= 15 is 0 Å². The van der Waals surface area contributed by atoms with E-state index < -0.39 is 0 Å². The molecule has 54 valence electrons. The van der Waals surface area contributed by atoms with Gasteiger partial charge in [0.25, 0.3) is 0 Å². The molecule has 2 saturated carbocycles. The van der Waals surface area contributed by atoms with Crippen LogP contribution in [0.2, 0.25) is 0 Å². The molecule has 2 aliphatic carbocycles. The second-order valence-electron chi connectivity index (χ2n) is 4.51. The van der Waals surface area contributed by atoms with Crippen molar-refractivity contribution in [1.29, 1.82) is 0 Å². The molecular weight excluding hydrogens is 124 g/mol. The van der Waals surface area contributed by atoms with Crippen molar-refractivity contribution in [2.75, 3.05) is 0 Å². The Labute approximate surface area is 60.7 Å². The lowest BCUT2D eigenvalue weighted by Gasteiger charge is -2.23. The van der Waals surface area contributed by atoms with Crippen molar-refractivity contribution in [1.82, 2.24) is 0 Å². The molecule has 0 aromatic carbocycles. The van der Waals surface area contributed by atoms with Gasteiger partial charge in [-0.1, -0.05) is 13.8 Å². The predicted octanol–water partition coefficient (Wildman–Crippen LogP) is 1.87. The minimum Gasteiger partial charge on any atom is -0.190 e. The number of azo groups is 1. The normalized spacial score (nSPS) is 59.0. The van der Waals surface area contributed by atoms with E-state index in [0.717, 1.165) is 11.8 Å². The molecule has 2 nitrogen and oxygen atoms in total. The van der Waals surface area contributed by atoms with Gasteiger partial charge in [0.2, 0.25) is 0 Å². The molecular formula is C8H12N2. The topological polar surface area (TPSA) is 24.7 Å². The third-order valence-electron chi connectivity index (χ3n) is 3.54. The second-order valence-corrected chi connectivity index (χ2v) is 4.51. The van der Waals surface area contributed by atoms with E-state index in [-0.39, 0.29) is 0 Å². The highest BCUT2D eigenvalue weighted by atomic mass is 15.3. The zero-order valence-corrected chi connectivity index (χ0v) is 6.41. The molecule has 0 aromatic heterocycles. The van der Waals surface area contributed by atoms with E-state index in [1.165, 1.54) is 6.42 Å². The van der Waals surface area contributed by atoms with Crippen LogP contribution in [0.1, 0.15) is 20.3 Å². The molecule has 0 amide bonds. The highest BCUT2D eigenvalue weighted by Gasteiger charge is 2.67. The van der Waals surface area contributed by atoms with Crippen LogP contribution in [-0.4, -0.2) is 12.1 Å². The van der Waals surface area contributed by atoms with Gasteiger partial charge in [-0.25, -0.2) is 0 Å². The van der Waals surface area contributed by atoms with Crippen molar-refractivity contribution in [3.8, 4) is 0 Å². The lowest BCUT2D eigenvalue weighted by molar-refractivity contribution is 0.300. The van der Waals surface area contributed by atoms with E-state index in [0.29, 0.717) is 17.5 Å². The third kappa shape index (κ3) is 0.354. The molecule has 10 heavy (non-hydrogen) atoms. The maximum atomic E-state index is 4.30. The Hall–Kier alpha value is -0.400. The molecule has 0 spiro atoms. The molecule has 2 heteroatoms. The van der Waals surface area contributed by atoms with Crippen LogP contribution < -0.4 is 0 Å². The first-order valence-corrected chi connectivity index (χ1v) is 4.11. The summed E-state index contributed by atoms with van der Waals surface area (Å²) in [6.07, 6.45) is 1.41. The summed E-state index contributed by atoms with van der Waals surface area (Å²) >= 11 is 0. The maximum absolute atomic E-state index is 4.30. The van der Waals surface area contributed by atoms with Crippen molar-refractivity contribution in [2.24, 2.45) is 27.5 Å². The molecule has 1 aliphatic heterocycles. The maximum Gasteiger partial charge on any atom is 0.0812 e. The fourth-order valence-electron chi connectivity index (χ4n) is 2.85. The summed E-state index contributed by atoms with van der Waals surface area (Å²) in [4.78, 5) is 0. The van der Waals surface area contributed by atoms with Gasteiger partial charge in [-0.2, -0.15) is 10.2 Å². The zero-order chi connectivity index (χ0) is 6.93. The molecule has 0 unspecified atom stereocenters. The number of hydrogen-bond donors (Lipinski definition) is 0. The lowest BCUT2D eigenvalue weighted by atomic mass is 9.82. The first-order valence-electron chi connectivity index (χ1n) is 4.11. The van der Waals surface area contributed by atoms with E-state index in [1.54, 1.807) is 0 Å². The van der Waals surface area contributed by atoms with E-state index in [1.807, 2.05) is 0 Å². The smallest absolute Gasteiger partial charge is 0.0812 e. The van der Waals surface area contributed by atoms with Crippen LogP contribution in [0, 0.1) is 17.3 Å². The summed E-state index contributed by atoms with van der Waals surface area (Å²) in [5.41, 5.74) is 0.410. The average Bonchev–Trinajstić information content (AvgIpc) is 2.54. The van der Waals surface area contributed by atoms with Gasteiger partial charge in [0, 0.05) is 5.41 Å². The Kier molecular flexibility index (Phi) is 0.618. The highest BCUT2D eigenvalue weighted by molar-refractivity contribution is 5.20. The molecule has 3 rings (SSSR count). The Bertz CT molecular complexity index is 199. The van der Waals surface area contributed by atoms with Crippen molar-refractivity contribution < 1.29 is 0 Å². The van der Waals surface area contributed by atoms with Gasteiger partial charge in [0.05, 0.1) is 12.1 Å². The zero-order valence-electron chi connectivity index (χ0n) is 6.41. The van der Waals surface area contributed by atoms with E-state index in [4.69, 9.17) is 0 Å². The lowest BCUT2D eigenvalue weighted by Crippen LogP contribution is -2.29. The Morgan fingerprint density at radius 1 is 1.10 bits per heavy atom. The Balaban J connectivity index is 2.11. The van der Waals surface area contributed by atoms with Crippen LogP contribution in [0.25, 0.3) is 0 Å². The first-order chi connectivity index (χ1) is 4.71. The SMILES string of the molecule is CC1(C)[C@@H]2N=N[C@H]1[C@H]1C[C@H]12. The number of rotatable bonds is 0. The molecule has 3 aliphatic rings. The summed E-state index contributed by atoms with van der Waals surface area (Å²) in [5.74, 6) is 1.86. The molecule has 0 aromatic rings. The van der Waals surface area contributed by atoms with Crippen molar-refractivity contribution in [3.05, 3.63) is 0 Å². The Morgan fingerprint density at radius 2 is 1.60 bits per heavy atom. The Morgan fingerprint density at radius 3 is 1.90 bits per heavy atom. The first kappa shape index (κ1) is 5.28. The van der Waals surface area contributed by atoms with E-state index in [9.17, 15) is 0 Å². The molecule has 2 fully saturated rings. The average molecular weight is 136 g/mol. The van der Waals surface area contributed by atoms with Gasteiger partial charge in [0.1, 0.15) is 0 Å². The monoisotopic (exact) mass is 136 g/mol. The predicted molar refractivity (Wildman–Crippen MR) is 37.8 cm³/mol.